The summed E-state index contributed by atoms with van der Waals surface area (Å²) in [6.45, 7) is 0. The molecule has 0 amide bonds. The van der Waals surface area contributed by atoms with Crippen molar-refractivity contribution in [2.75, 3.05) is 12.5 Å². The van der Waals surface area contributed by atoms with Crippen LogP contribution in [0.1, 0.15) is 0 Å². The van der Waals surface area contributed by atoms with E-state index >= 15 is 0 Å². The Hall–Kier alpha value is 0.597. The summed E-state index contributed by atoms with van der Waals surface area (Å²) < 4.78 is 39.1. The van der Waals surface area contributed by atoms with Crippen molar-refractivity contribution in [3.8, 4) is 0 Å². The summed E-state index contributed by atoms with van der Waals surface area (Å²) in [7, 11) is 1.09. The van der Waals surface area contributed by atoms with Crippen LogP contribution in [-0.4, -0.2) is 44.6 Å². The zero-order chi connectivity index (χ0) is 9.12. The van der Waals surface area contributed by atoms with Crippen LogP contribution in [0.4, 0.5) is 0 Å². The van der Waals surface area contributed by atoms with Crippen LogP contribution in [0.5, 0.6) is 0 Å². The van der Waals surface area contributed by atoms with Crippen LogP contribution in [-0.2, 0) is 14.9 Å². The van der Waals surface area contributed by atoms with Gasteiger partial charge in [-0.3, -0.25) is 0 Å². The molecule has 0 aromatic heterocycles. The van der Waals surface area contributed by atoms with Crippen LogP contribution in [0.15, 0.2) is 0 Å². The molecular formula is C4H12As2O5. The minimum atomic E-state index is -4.51. The van der Waals surface area contributed by atoms with E-state index in [-0.39, 0.29) is 5.39 Å². The first-order chi connectivity index (χ1) is 4.77. The van der Waals surface area contributed by atoms with Gasteiger partial charge in [0.05, 0.1) is 0 Å². The van der Waals surface area contributed by atoms with Gasteiger partial charge >= 0.3 is 71.0 Å². The SMILES string of the molecule is CO[As](=O)(O)OC[As](C)(C)=O. The Morgan fingerprint density at radius 1 is 1.36 bits per heavy atom. The van der Waals surface area contributed by atoms with Crippen LogP contribution in [0.3, 0.4) is 0 Å². The van der Waals surface area contributed by atoms with Crippen molar-refractivity contribution in [3.05, 3.63) is 0 Å². The molecule has 68 valence electrons. The average Bonchev–Trinajstić information content (AvgIpc) is 1.83. The number of hydrogen-bond acceptors (Lipinski definition) is 4. The van der Waals surface area contributed by atoms with Gasteiger partial charge in [0.15, 0.2) is 0 Å². The first-order valence-corrected chi connectivity index (χ1v) is 11.8. The van der Waals surface area contributed by atoms with Crippen molar-refractivity contribution in [1.82, 2.24) is 0 Å². The van der Waals surface area contributed by atoms with Crippen molar-refractivity contribution in [3.63, 3.8) is 0 Å². The Morgan fingerprint density at radius 2 is 1.82 bits per heavy atom. The molecular weight excluding hydrogens is 278 g/mol. The van der Waals surface area contributed by atoms with E-state index in [4.69, 9.17) is 4.10 Å². The first kappa shape index (κ1) is 11.6. The normalized spacial score (nSPS) is 17.8. The van der Waals surface area contributed by atoms with E-state index in [1.807, 2.05) is 0 Å². The van der Waals surface area contributed by atoms with Crippen molar-refractivity contribution in [2.45, 2.75) is 11.4 Å². The van der Waals surface area contributed by atoms with E-state index in [1.54, 1.807) is 0 Å². The molecule has 0 saturated carbocycles. The van der Waals surface area contributed by atoms with Crippen molar-refractivity contribution in [1.29, 1.82) is 0 Å². The molecule has 7 heteroatoms. The molecule has 0 spiro atoms. The van der Waals surface area contributed by atoms with Gasteiger partial charge in [-0.15, -0.1) is 0 Å². The molecule has 11 heavy (non-hydrogen) atoms. The molecule has 0 saturated heterocycles. The van der Waals surface area contributed by atoms with Gasteiger partial charge in [0.2, 0.25) is 0 Å². The summed E-state index contributed by atoms with van der Waals surface area (Å²) >= 11 is -7.47. The number of hydrogen-bond donors (Lipinski definition) is 1. The molecule has 1 N–H and O–H groups in total. The maximum absolute atomic E-state index is 11.0. The molecule has 0 aromatic rings. The molecule has 0 bridgehead atoms. The van der Waals surface area contributed by atoms with Gasteiger partial charge in [0.1, 0.15) is 0 Å². The molecule has 0 aliphatic carbocycles. The van der Waals surface area contributed by atoms with Gasteiger partial charge in [-0.2, -0.15) is 0 Å². The second kappa shape index (κ2) is 4.01. The molecule has 0 rings (SSSR count). The predicted octanol–water partition coefficient (Wildman–Crippen LogP) is -0.317. The Morgan fingerprint density at radius 3 is 2.09 bits per heavy atom. The summed E-state index contributed by atoms with van der Waals surface area (Å²) in [5.41, 5.74) is 3.06. The average molecular weight is 290 g/mol. The van der Waals surface area contributed by atoms with Crippen molar-refractivity contribution in [2.24, 2.45) is 0 Å². The second-order valence-corrected chi connectivity index (χ2v) is 12.9. The predicted molar refractivity (Wildman–Crippen MR) is 39.8 cm³/mol. The number of rotatable bonds is 4. The summed E-state index contributed by atoms with van der Waals surface area (Å²) in [5, 5.41) is -0.154. The molecule has 0 fully saturated rings. The molecule has 1 unspecified atom stereocenters. The second-order valence-electron chi connectivity index (χ2n) is 2.48. The third-order valence-corrected chi connectivity index (χ3v) is 5.22. The fourth-order valence-corrected chi connectivity index (χ4v) is 6.00. The molecule has 0 aromatic carbocycles. The van der Waals surface area contributed by atoms with E-state index in [0.717, 1.165) is 7.11 Å². The third-order valence-electron chi connectivity index (χ3n) is 0.763. The molecule has 5 nitrogen and oxygen atoms in total. The van der Waals surface area contributed by atoms with Gasteiger partial charge in [-0.25, -0.2) is 0 Å². The molecule has 0 heterocycles. The van der Waals surface area contributed by atoms with Gasteiger partial charge in [0.25, 0.3) is 0 Å². The monoisotopic (exact) mass is 290 g/mol. The first-order valence-electron chi connectivity index (χ1n) is 2.84. The standard InChI is InChI=1S/C4H12As2O5/c1-5(2,7)4-11-6(8,9)10-3/h4H2,1-3H3,(H,8,9). The Kier molecular flexibility index (Phi) is 4.23. The van der Waals surface area contributed by atoms with Gasteiger partial charge < -0.3 is 0 Å². The Bertz CT molecular complexity index is 207. The van der Waals surface area contributed by atoms with E-state index in [2.05, 4.69) is 7.45 Å². The van der Waals surface area contributed by atoms with Crippen LogP contribution in [0, 0.1) is 0 Å². The van der Waals surface area contributed by atoms with E-state index in [1.165, 1.54) is 11.4 Å². The maximum atomic E-state index is 11.0. The third kappa shape index (κ3) is 6.97. The zero-order valence-corrected chi connectivity index (χ0v) is 10.4. The van der Waals surface area contributed by atoms with Crippen molar-refractivity contribution >= 4 is 28.0 Å². The van der Waals surface area contributed by atoms with Crippen LogP contribution >= 0.6 is 0 Å². The topological polar surface area (TPSA) is 72.8 Å². The Labute approximate surface area is 71.1 Å². The summed E-state index contributed by atoms with van der Waals surface area (Å²) in [6.07, 6.45) is 0. The minimum absolute atomic E-state index is 0.154. The van der Waals surface area contributed by atoms with Gasteiger partial charge in [-0.05, 0) is 0 Å². The summed E-state index contributed by atoms with van der Waals surface area (Å²) in [4.78, 5) is 0. The van der Waals surface area contributed by atoms with E-state index in [9.17, 15) is 7.48 Å². The van der Waals surface area contributed by atoms with E-state index in [0.29, 0.717) is 0 Å². The summed E-state index contributed by atoms with van der Waals surface area (Å²) in [6, 6.07) is 0. The molecule has 0 radical (unpaired) electrons. The summed E-state index contributed by atoms with van der Waals surface area (Å²) in [5.74, 6) is 0. The quantitative estimate of drug-likeness (QED) is 0.719. The van der Waals surface area contributed by atoms with Crippen LogP contribution in [0.2, 0.25) is 11.4 Å². The van der Waals surface area contributed by atoms with Crippen LogP contribution < -0.4 is 0 Å². The fourth-order valence-electron chi connectivity index (χ4n) is 0.265. The van der Waals surface area contributed by atoms with Crippen molar-refractivity contribution < 1.29 is 19.0 Å². The van der Waals surface area contributed by atoms with Gasteiger partial charge in [-0.1, -0.05) is 0 Å². The fraction of sp³-hybridized carbons (Fsp3) is 1.00. The van der Waals surface area contributed by atoms with E-state index < -0.39 is 28.0 Å². The zero-order valence-electron chi connectivity index (χ0n) is 6.68. The Balaban J connectivity index is 3.91. The van der Waals surface area contributed by atoms with Gasteiger partial charge in [0, 0.05) is 0 Å². The van der Waals surface area contributed by atoms with Crippen LogP contribution in [0.25, 0.3) is 0 Å². The molecule has 0 aliphatic rings. The molecule has 0 aliphatic heterocycles. The molecule has 1 atom stereocenters.